The first-order chi connectivity index (χ1) is 13.8. The molecule has 0 saturated heterocycles. The molecule has 0 spiro atoms. The lowest BCUT2D eigenvalue weighted by Crippen LogP contribution is -2.41. The van der Waals surface area contributed by atoms with Gasteiger partial charge in [-0.2, -0.15) is 5.26 Å². The molecule has 1 aromatic rings. The average molecular weight is 398 g/mol. The molecule has 2 rings (SSSR count). The van der Waals surface area contributed by atoms with Crippen molar-refractivity contribution in [2.45, 2.75) is 71.8 Å². The maximum atomic E-state index is 12.9. The van der Waals surface area contributed by atoms with Gasteiger partial charge in [0.05, 0.1) is 6.07 Å². The molecule has 156 valence electrons. The Morgan fingerprint density at radius 3 is 2.66 bits per heavy atom. The highest BCUT2D eigenvalue weighted by atomic mass is 16.2. The number of ketones is 2. The predicted molar refractivity (Wildman–Crippen MR) is 110 cm³/mol. The summed E-state index contributed by atoms with van der Waals surface area (Å²) in [5.74, 6) is -0.669. The number of carbonyl (C=O) groups excluding carboxylic acids is 3. The zero-order valence-corrected chi connectivity index (χ0v) is 17.6. The van der Waals surface area contributed by atoms with Crippen LogP contribution in [0.3, 0.4) is 0 Å². The third-order valence-corrected chi connectivity index (χ3v) is 5.47. The Hall–Kier alpha value is -2.55. The Kier molecular flexibility index (Phi) is 8.50. The number of nitrogens with zero attached hydrogens (tertiary/aromatic N) is 2. The molecule has 0 radical (unpaired) electrons. The van der Waals surface area contributed by atoms with Crippen LogP contribution in [0.4, 0.5) is 0 Å². The Bertz CT molecular complexity index is 765. The molecule has 6 heteroatoms. The highest BCUT2D eigenvalue weighted by Gasteiger charge is 2.29. The van der Waals surface area contributed by atoms with Gasteiger partial charge >= 0.3 is 0 Å². The molecular formula is C23H31N3O3. The van der Waals surface area contributed by atoms with Crippen LogP contribution in [0.1, 0.15) is 74.8 Å². The van der Waals surface area contributed by atoms with Crippen molar-refractivity contribution in [3.8, 4) is 6.07 Å². The molecule has 29 heavy (non-hydrogen) atoms. The minimum Gasteiger partial charge on any atom is -0.340 e. The van der Waals surface area contributed by atoms with Crippen LogP contribution in [-0.2, 0) is 9.59 Å². The molecule has 1 heterocycles. The molecule has 1 N–H and O–H groups in total. The van der Waals surface area contributed by atoms with E-state index < -0.39 is 12.0 Å². The van der Waals surface area contributed by atoms with Gasteiger partial charge in [-0.25, -0.2) is 0 Å². The van der Waals surface area contributed by atoms with Crippen LogP contribution in [0, 0.1) is 36.0 Å². The molecule has 3 atom stereocenters. The number of amides is 1. The summed E-state index contributed by atoms with van der Waals surface area (Å²) in [5, 5.41) is 12.3. The zero-order chi connectivity index (χ0) is 21.4. The number of carbonyl (C=O) groups is 3. The van der Waals surface area contributed by atoms with Gasteiger partial charge in [0.25, 0.3) is 0 Å². The standard InChI is InChI=1S/C23H31N3O3/c1-15(2)10-19(12-22(28)18-9-8-16(3)25-14-18)23(29)26-20(13-24)11-17-6-4-5-7-21(17)27/h8-9,14-15,17,19-20H,4-7,10-12H2,1-3H3,(H,26,29)/t17-,19+,20-/m0/s1. The number of nitriles is 1. The van der Waals surface area contributed by atoms with Gasteiger partial charge in [-0.3, -0.25) is 19.4 Å². The van der Waals surface area contributed by atoms with Crippen molar-refractivity contribution < 1.29 is 14.4 Å². The second-order valence-electron chi connectivity index (χ2n) is 8.48. The molecule has 6 nitrogen and oxygen atoms in total. The summed E-state index contributed by atoms with van der Waals surface area (Å²) < 4.78 is 0. The number of pyridine rings is 1. The fraction of sp³-hybridized carbons (Fsp3) is 0.609. The summed E-state index contributed by atoms with van der Waals surface area (Å²) in [5.41, 5.74) is 1.31. The summed E-state index contributed by atoms with van der Waals surface area (Å²) >= 11 is 0. The molecule has 1 fully saturated rings. The first-order valence-corrected chi connectivity index (χ1v) is 10.5. The molecule has 1 amide bonds. The first-order valence-electron chi connectivity index (χ1n) is 10.5. The third kappa shape index (κ3) is 7.08. The van der Waals surface area contributed by atoms with E-state index in [1.165, 1.54) is 6.20 Å². The molecule has 0 aromatic carbocycles. The normalized spacial score (nSPS) is 18.7. The summed E-state index contributed by atoms with van der Waals surface area (Å²) in [7, 11) is 0. The molecule has 0 bridgehead atoms. The number of Topliss-reactive ketones (excluding diaryl/α,β-unsaturated/α-hetero) is 2. The van der Waals surface area contributed by atoms with Crippen LogP contribution < -0.4 is 5.32 Å². The van der Waals surface area contributed by atoms with Crippen LogP contribution in [-0.4, -0.2) is 28.5 Å². The monoisotopic (exact) mass is 397 g/mol. The second-order valence-corrected chi connectivity index (χ2v) is 8.48. The van der Waals surface area contributed by atoms with E-state index in [-0.39, 0.29) is 35.7 Å². The molecule has 1 aliphatic carbocycles. The Morgan fingerprint density at radius 2 is 2.07 bits per heavy atom. The fourth-order valence-electron chi connectivity index (χ4n) is 3.85. The number of hydrogen-bond donors (Lipinski definition) is 1. The van der Waals surface area contributed by atoms with E-state index in [9.17, 15) is 19.6 Å². The van der Waals surface area contributed by atoms with Gasteiger partial charge in [-0.15, -0.1) is 0 Å². The maximum absolute atomic E-state index is 12.9. The smallest absolute Gasteiger partial charge is 0.224 e. The van der Waals surface area contributed by atoms with E-state index >= 15 is 0 Å². The van der Waals surface area contributed by atoms with Crippen LogP contribution >= 0.6 is 0 Å². The number of rotatable bonds is 9. The lowest BCUT2D eigenvalue weighted by atomic mass is 9.83. The van der Waals surface area contributed by atoms with E-state index in [1.54, 1.807) is 12.1 Å². The first kappa shape index (κ1) is 22.7. The summed E-state index contributed by atoms with van der Waals surface area (Å²) in [6.45, 7) is 5.85. The Morgan fingerprint density at radius 1 is 1.31 bits per heavy atom. The number of aryl methyl sites for hydroxylation is 1. The molecular weight excluding hydrogens is 366 g/mol. The number of nitrogens with one attached hydrogen (secondary N) is 1. The molecule has 0 aliphatic heterocycles. The quantitative estimate of drug-likeness (QED) is 0.639. The van der Waals surface area contributed by atoms with Crippen molar-refractivity contribution in [1.82, 2.24) is 10.3 Å². The predicted octanol–water partition coefficient (Wildman–Crippen LogP) is 3.78. The van der Waals surface area contributed by atoms with Crippen molar-refractivity contribution in [1.29, 1.82) is 5.26 Å². The number of aromatic nitrogens is 1. The lowest BCUT2D eigenvalue weighted by Gasteiger charge is -2.24. The highest BCUT2D eigenvalue weighted by molar-refractivity contribution is 5.98. The van der Waals surface area contributed by atoms with E-state index in [0.717, 1.165) is 25.0 Å². The van der Waals surface area contributed by atoms with E-state index in [0.29, 0.717) is 24.8 Å². The SMILES string of the molecule is Cc1ccc(C(=O)C[C@@H](CC(C)C)C(=O)N[C@H](C#N)C[C@@H]2CCCCC2=O)cn1. The summed E-state index contributed by atoms with van der Waals surface area (Å²) in [6, 6.07) is 4.91. The van der Waals surface area contributed by atoms with E-state index in [4.69, 9.17) is 0 Å². The Balaban J connectivity index is 2.02. The van der Waals surface area contributed by atoms with Gasteiger partial charge in [-0.05, 0) is 50.7 Å². The second kappa shape index (κ2) is 10.8. The van der Waals surface area contributed by atoms with Crippen LogP contribution in [0.2, 0.25) is 0 Å². The highest BCUT2D eigenvalue weighted by Crippen LogP contribution is 2.25. The largest absolute Gasteiger partial charge is 0.340 e. The van der Waals surface area contributed by atoms with Crippen molar-refractivity contribution in [3.63, 3.8) is 0 Å². The molecule has 1 aromatic heterocycles. The van der Waals surface area contributed by atoms with E-state index in [2.05, 4.69) is 16.4 Å². The minimum absolute atomic E-state index is 0.0786. The summed E-state index contributed by atoms with van der Waals surface area (Å²) in [4.78, 5) is 41.7. The van der Waals surface area contributed by atoms with Gasteiger partial charge in [0.15, 0.2) is 5.78 Å². The average Bonchev–Trinajstić information content (AvgIpc) is 2.68. The maximum Gasteiger partial charge on any atom is 0.224 e. The van der Waals surface area contributed by atoms with Crippen molar-refractivity contribution in [3.05, 3.63) is 29.6 Å². The number of hydrogen-bond acceptors (Lipinski definition) is 5. The van der Waals surface area contributed by atoms with Gasteiger partial charge in [-0.1, -0.05) is 20.3 Å². The van der Waals surface area contributed by atoms with Gasteiger partial charge in [0.1, 0.15) is 11.8 Å². The van der Waals surface area contributed by atoms with Crippen molar-refractivity contribution >= 4 is 17.5 Å². The molecule has 1 aliphatic rings. The third-order valence-electron chi connectivity index (χ3n) is 5.47. The lowest BCUT2D eigenvalue weighted by molar-refractivity contribution is -0.127. The topological polar surface area (TPSA) is 99.9 Å². The minimum atomic E-state index is -0.708. The van der Waals surface area contributed by atoms with Crippen LogP contribution in [0.5, 0.6) is 0 Å². The van der Waals surface area contributed by atoms with Crippen molar-refractivity contribution in [2.24, 2.45) is 17.8 Å². The molecule has 1 saturated carbocycles. The van der Waals surface area contributed by atoms with Crippen molar-refractivity contribution in [2.75, 3.05) is 0 Å². The Labute approximate surface area is 173 Å². The van der Waals surface area contributed by atoms with E-state index in [1.807, 2.05) is 20.8 Å². The van der Waals surface area contributed by atoms with Gasteiger partial charge in [0, 0.05) is 42.1 Å². The van der Waals surface area contributed by atoms with Crippen LogP contribution in [0.15, 0.2) is 18.3 Å². The molecule has 0 unspecified atom stereocenters. The summed E-state index contributed by atoms with van der Waals surface area (Å²) in [6.07, 6.45) is 5.75. The zero-order valence-electron chi connectivity index (χ0n) is 17.6. The van der Waals surface area contributed by atoms with Gasteiger partial charge in [0.2, 0.25) is 5.91 Å². The van der Waals surface area contributed by atoms with Crippen LogP contribution in [0.25, 0.3) is 0 Å². The fourth-order valence-corrected chi connectivity index (χ4v) is 3.85. The van der Waals surface area contributed by atoms with Gasteiger partial charge < -0.3 is 5.32 Å².